The zero-order valence-corrected chi connectivity index (χ0v) is 7.38. The highest BCUT2D eigenvalue weighted by Gasteiger charge is 2.26. The third-order valence-electron chi connectivity index (χ3n) is 2.61. The smallest absolute Gasteiger partial charge is 0.0645 e. The molecule has 0 aromatic carbocycles. The van der Waals surface area contributed by atoms with Gasteiger partial charge in [-0.3, -0.25) is 4.90 Å². The molecule has 0 bridgehead atoms. The molecule has 68 valence electrons. The Morgan fingerprint density at radius 3 is 2.92 bits per heavy atom. The van der Waals surface area contributed by atoms with E-state index in [1.54, 1.807) is 0 Å². The second-order valence-electron chi connectivity index (χ2n) is 3.51. The number of hydrogen-bond acceptors (Lipinski definition) is 3. The molecule has 0 amide bonds. The van der Waals surface area contributed by atoms with Crippen LogP contribution < -0.4 is 5.32 Å². The van der Waals surface area contributed by atoms with E-state index in [0.717, 1.165) is 39.3 Å². The summed E-state index contributed by atoms with van der Waals surface area (Å²) < 4.78 is 5.17. The lowest BCUT2D eigenvalue weighted by molar-refractivity contribution is -0.0625. The molecule has 0 aliphatic carbocycles. The number of rotatable bonds is 1. The van der Waals surface area contributed by atoms with Gasteiger partial charge in [0, 0.05) is 25.3 Å². The Labute approximate surface area is 73.4 Å². The molecule has 2 heterocycles. The first-order valence-corrected chi connectivity index (χ1v) is 4.60. The minimum absolute atomic E-state index is 0.678. The lowest BCUT2D eigenvalue weighted by Crippen LogP contribution is -2.50. The molecule has 2 saturated heterocycles. The van der Waals surface area contributed by atoms with Gasteiger partial charge in [-0.05, 0) is 6.42 Å². The SMILES string of the molecule is C=C1CCN(C2COC2)CCN1. The van der Waals surface area contributed by atoms with Gasteiger partial charge in [0.2, 0.25) is 0 Å². The van der Waals surface area contributed by atoms with Crippen molar-refractivity contribution in [1.29, 1.82) is 0 Å². The molecule has 3 nitrogen and oxygen atoms in total. The predicted molar refractivity (Wildman–Crippen MR) is 47.9 cm³/mol. The zero-order chi connectivity index (χ0) is 8.39. The maximum atomic E-state index is 5.17. The zero-order valence-electron chi connectivity index (χ0n) is 7.38. The summed E-state index contributed by atoms with van der Waals surface area (Å²) in [5.41, 5.74) is 1.18. The highest BCUT2D eigenvalue weighted by atomic mass is 16.5. The largest absolute Gasteiger partial charge is 0.387 e. The summed E-state index contributed by atoms with van der Waals surface area (Å²) in [6.45, 7) is 9.10. The van der Waals surface area contributed by atoms with Gasteiger partial charge in [-0.25, -0.2) is 0 Å². The summed E-state index contributed by atoms with van der Waals surface area (Å²) in [4.78, 5) is 2.49. The standard InChI is InChI=1S/C9H16N2O/c1-8-2-4-11(5-3-10-8)9-6-12-7-9/h9-10H,1-7H2. The van der Waals surface area contributed by atoms with Crippen molar-refractivity contribution in [2.24, 2.45) is 0 Å². The third-order valence-corrected chi connectivity index (χ3v) is 2.61. The van der Waals surface area contributed by atoms with Crippen molar-refractivity contribution in [2.75, 3.05) is 32.8 Å². The fourth-order valence-electron chi connectivity index (χ4n) is 1.65. The summed E-state index contributed by atoms with van der Waals surface area (Å²) in [6, 6.07) is 0.678. The second kappa shape index (κ2) is 3.46. The van der Waals surface area contributed by atoms with E-state index in [1.165, 1.54) is 5.70 Å². The van der Waals surface area contributed by atoms with E-state index in [1.807, 2.05) is 0 Å². The molecule has 0 saturated carbocycles. The summed E-state index contributed by atoms with van der Waals surface area (Å²) >= 11 is 0. The van der Waals surface area contributed by atoms with Crippen molar-refractivity contribution >= 4 is 0 Å². The molecule has 0 aromatic heterocycles. The average Bonchev–Trinajstić information content (AvgIpc) is 2.12. The van der Waals surface area contributed by atoms with Crippen LogP contribution in [0.4, 0.5) is 0 Å². The van der Waals surface area contributed by atoms with Gasteiger partial charge in [-0.1, -0.05) is 6.58 Å². The number of nitrogens with zero attached hydrogens (tertiary/aromatic N) is 1. The molecule has 2 fully saturated rings. The van der Waals surface area contributed by atoms with E-state index in [9.17, 15) is 0 Å². The Morgan fingerprint density at radius 2 is 2.25 bits per heavy atom. The topological polar surface area (TPSA) is 24.5 Å². The fraction of sp³-hybridized carbons (Fsp3) is 0.778. The van der Waals surface area contributed by atoms with Crippen molar-refractivity contribution in [2.45, 2.75) is 12.5 Å². The summed E-state index contributed by atoms with van der Waals surface area (Å²) in [6.07, 6.45) is 1.08. The average molecular weight is 168 g/mol. The lowest BCUT2D eigenvalue weighted by Gasteiger charge is -2.36. The van der Waals surface area contributed by atoms with Crippen LogP contribution >= 0.6 is 0 Å². The van der Waals surface area contributed by atoms with E-state index in [0.29, 0.717) is 6.04 Å². The van der Waals surface area contributed by atoms with Crippen LogP contribution in [0.15, 0.2) is 12.3 Å². The molecule has 12 heavy (non-hydrogen) atoms. The number of ether oxygens (including phenoxy) is 1. The second-order valence-corrected chi connectivity index (χ2v) is 3.51. The van der Waals surface area contributed by atoms with Gasteiger partial charge >= 0.3 is 0 Å². The van der Waals surface area contributed by atoms with Crippen LogP contribution in [-0.2, 0) is 4.74 Å². The lowest BCUT2D eigenvalue weighted by atomic mass is 10.2. The highest BCUT2D eigenvalue weighted by Crippen LogP contribution is 2.13. The van der Waals surface area contributed by atoms with Crippen LogP contribution in [0.25, 0.3) is 0 Å². The summed E-state index contributed by atoms with van der Waals surface area (Å²) in [7, 11) is 0. The van der Waals surface area contributed by atoms with Crippen molar-refractivity contribution < 1.29 is 4.74 Å². The first kappa shape index (κ1) is 8.08. The minimum Gasteiger partial charge on any atom is -0.387 e. The Kier molecular flexibility index (Phi) is 2.33. The van der Waals surface area contributed by atoms with Gasteiger partial charge in [0.1, 0.15) is 0 Å². The van der Waals surface area contributed by atoms with Crippen molar-refractivity contribution in [3.8, 4) is 0 Å². The maximum absolute atomic E-state index is 5.17. The molecule has 3 heteroatoms. The molecule has 0 aromatic rings. The molecule has 2 rings (SSSR count). The van der Waals surface area contributed by atoms with E-state index in [4.69, 9.17) is 4.74 Å². The van der Waals surface area contributed by atoms with Crippen LogP contribution in [0, 0.1) is 0 Å². The van der Waals surface area contributed by atoms with E-state index in [2.05, 4.69) is 16.8 Å². The molecular formula is C9H16N2O. The Balaban J connectivity index is 1.85. The van der Waals surface area contributed by atoms with E-state index < -0.39 is 0 Å². The first-order valence-electron chi connectivity index (χ1n) is 4.60. The number of nitrogens with one attached hydrogen (secondary N) is 1. The van der Waals surface area contributed by atoms with Gasteiger partial charge in [0.05, 0.1) is 19.3 Å². The molecule has 0 radical (unpaired) electrons. The summed E-state index contributed by atoms with van der Waals surface area (Å²) in [5, 5.41) is 3.30. The van der Waals surface area contributed by atoms with Gasteiger partial charge in [0.25, 0.3) is 0 Å². The van der Waals surface area contributed by atoms with Crippen LogP contribution in [0.2, 0.25) is 0 Å². The van der Waals surface area contributed by atoms with Gasteiger partial charge < -0.3 is 10.1 Å². The van der Waals surface area contributed by atoms with Gasteiger partial charge in [-0.15, -0.1) is 0 Å². The predicted octanol–water partition coefficient (Wildman–Crippen LogP) is 0.194. The van der Waals surface area contributed by atoms with Gasteiger partial charge in [0.15, 0.2) is 0 Å². The molecule has 2 aliphatic heterocycles. The molecule has 0 unspecified atom stereocenters. The quantitative estimate of drug-likeness (QED) is 0.605. The molecule has 2 aliphatic rings. The van der Waals surface area contributed by atoms with E-state index in [-0.39, 0.29) is 0 Å². The molecular weight excluding hydrogens is 152 g/mol. The first-order chi connectivity index (χ1) is 5.86. The third kappa shape index (κ3) is 1.62. The summed E-state index contributed by atoms with van der Waals surface area (Å²) in [5.74, 6) is 0. The van der Waals surface area contributed by atoms with Crippen LogP contribution in [0.5, 0.6) is 0 Å². The minimum atomic E-state index is 0.678. The monoisotopic (exact) mass is 168 g/mol. The Bertz CT molecular complexity index is 177. The maximum Gasteiger partial charge on any atom is 0.0645 e. The number of hydrogen-bond donors (Lipinski definition) is 1. The van der Waals surface area contributed by atoms with Crippen molar-refractivity contribution in [3.63, 3.8) is 0 Å². The molecule has 0 atom stereocenters. The van der Waals surface area contributed by atoms with Crippen LogP contribution in [0.1, 0.15) is 6.42 Å². The van der Waals surface area contributed by atoms with Crippen LogP contribution in [-0.4, -0.2) is 43.8 Å². The van der Waals surface area contributed by atoms with Crippen molar-refractivity contribution in [1.82, 2.24) is 10.2 Å². The molecule has 1 N–H and O–H groups in total. The van der Waals surface area contributed by atoms with Crippen molar-refractivity contribution in [3.05, 3.63) is 12.3 Å². The van der Waals surface area contributed by atoms with Gasteiger partial charge in [-0.2, -0.15) is 0 Å². The highest BCUT2D eigenvalue weighted by molar-refractivity contribution is 4.95. The fourth-order valence-corrected chi connectivity index (χ4v) is 1.65. The normalized spacial score (nSPS) is 27.5. The molecule has 0 spiro atoms. The Hall–Kier alpha value is -0.540. The van der Waals surface area contributed by atoms with E-state index >= 15 is 0 Å². The van der Waals surface area contributed by atoms with Crippen LogP contribution in [0.3, 0.4) is 0 Å². The Morgan fingerprint density at radius 1 is 1.42 bits per heavy atom.